The first-order chi connectivity index (χ1) is 9.66. The van der Waals surface area contributed by atoms with Crippen molar-refractivity contribution in [1.82, 2.24) is 9.88 Å². The van der Waals surface area contributed by atoms with Gasteiger partial charge in [-0.15, -0.1) is 0 Å². The summed E-state index contributed by atoms with van der Waals surface area (Å²) < 4.78 is 15.5. The molecule has 0 aliphatic carbocycles. The molecule has 3 rings (SSSR count). The van der Waals surface area contributed by atoms with Crippen molar-refractivity contribution in [3.63, 3.8) is 0 Å². The third-order valence-electron chi connectivity index (χ3n) is 3.82. The number of benzene rings is 1. The molecule has 1 N–H and O–H groups in total. The average Bonchev–Trinajstić information content (AvgIpc) is 2.79. The second kappa shape index (κ2) is 5.48. The molecule has 20 heavy (non-hydrogen) atoms. The summed E-state index contributed by atoms with van der Waals surface area (Å²) in [6.07, 6.45) is 2.02. The summed E-state index contributed by atoms with van der Waals surface area (Å²) in [7, 11) is 1.80. The van der Waals surface area contributed by atoms with Crippen LogP contribution >= 0.6 is 11.8 Å². The molecule has 1 aliphatic heterocycles. The Morgan fingerprint density at radius 3 is 2.85 bits per heavy atom. The fourth-order valence-electron chi connectivity index (χ4n) is 2.64. The summed E-state index contributed by atoms with van der Waals surface area (Å²) in [6, 6.07) is 6.79. The lowest BCUT2D eigenvalue weighted by molar-refractivity contribution is 0.0927. The highest BCUT2D eigenvalue weighted by molar-refractivity contribution is 7.99. The molecule has 106 valence electrons. The van der Waals surface area contributed by atoms with E-state index in [0.717, 1.165) is 29.9 Å². The molecule has 2 heterocycles. The van der Waals surface area contributed by atoms with Crippen molar-refractivity contribution in [2.24, 2.45) is 7.05 Å². The number of hydrogen-bond donors (Lipinski definition) is 1. The standard InChI is InChI=1S/C15H17FN2OS/c1-18-13-4-2-3-12(16)11(13)9-14(18)15(19)17-10-5-7-20-8-6-10/h2-4,9-10H,5-8H2,1H3,(H,17,19). The van der Waals surface area contributed by atoms with Crippen LogP contribution in [-0.2, 0) is 7.05 Å². The highest BCUT2D eigenvalue weighted by atomic mass is 32.2. The molecule has 1 aromatic carbocycles. The molecule has 0 saturated carbocycles. The average molecular weight is 292 g/mol. The van der Waals surface area contributed by atoms with Crippen LogP contribution in [0.5, 0.6) is 0 Å². The molecule has 5 heteroatoms. The number of amides is 1. The Morgan fingerprint density at radius 2 is 2.15 bits per heavy atom. The van der Waals surface area contributed by atoms with Gasteiger partial charge in [-0.1, -0.05) is 6.07 Å². The molecular formula is C15H17FN2OS. The van der Waals surface area contributed by atoms with E-state index < -0.39 is 0 Å². The Kier molecular flexibility index (Phi) is 3.70. The number of carbonyl (C=O) groups excluding carboxylic acids is 1. The molecule has 0 atom stereocenters. The lowest BCUT2D eigenvalue weighted by atomic mass is 10.1. The van der Waals surface area contributed by atoms with E-state index in [1.54, 1.807) is 23.7 Å². The fourth-order valence-corrected chi connectivity index (χ4v) is 3.75. The van der Waals surface area contributed by atoms with Gasteiger partial charge < -0.3 is 9.88 Å². The number of rotatable bonds is 2. The SMILES string of the molecule is Cn1c(C(=O)NC2CCSCC2)cc2c(F)cccc21. The van der Waals surface area contributed by atoms with E-state index in [0.29, 0.717) is 11.1 Å². The maximum absolute atomic E-state index is 13.8. The predicted molar refractivity (Wildman–Crippen MR) is 80.7 cm³/mol. The van der Waals surface area contributed by atoms with Crippen LogP contribution < -0.4 is 5.32 Å². The van der Waals surface area contributed by atoms with Gasteiger partial charge in [0.05, 0.1) is 5.52 Å². The molecular weight excluding hydrogens is 275 g/mol. The summed E-state index contributed by atoms with van der Waals surface area (Å²) in [5.41, 5.74) is 1.26. The van der Waals surface area contributed by atoms with Crippen LogP contribution in [0.1, 0.15) is 23.3 Å². The van der Waals surface area contributed by atoms with Crippen molar-refractivity contribution >= 4 is 28.6 Å². The number of nitrogens with one attached hydrogen (secondary N) is 1. The van der Waals surface area contributed by atoms with E-state index in [1.165, 1.54) is 6.07 Å². The second-order valence-electron chi connectivity index (χ2n) is 5.12. The van der Waals surface area contributed by atoms with Crippen molar-refractivity contribution in [2.45, 2.75) is 18.9 Å². The zero-order valence-corrected chi connectivity index (χ0v) is 12.2. The minimum atomic E-state index is -0.286. The minimum absolute atomic E-state index is 0.111. The van der Waals surface area contributed by atoms with Crippen LogP contribution in [0.4, 0.5) is 4.39 Å². The lowest BCUT2D eigenvalue weighted by Crippen LogP contribution is -2.38. The Hall–Kier alpha value is -1.49. The van der Waals surface area contributed by atoms with Crippen molar-refractivity contribution in [1.29, 1.82) is 0 Å². The first kappa shape index (κ1) is 13.5. The molecule has 3 nitrogen and oxygen atoms in total. The van der Waals surface area contributed by atoms with E-state index in [1.807, 2.05) is 17.8 Å². The highest BCUT2D eigenvalue weighted by Gasteiger charge is 2.20. The number of halogens is 1. The van der Waals surface area contributed by atoms with Crippen molar-refractivity contribution in [3.05, 3.63) is 35.8 Å². The zero-order valence-electron chi connectivity index (χ0n) is 11.4. The molecule has 2 aromatic rings. The Balaban J connectivity index is 1.87. The van der Waals surface area contributed by atoms with Gasteiger partial charge in [-0.3, -0.25) is 4.79 Å². The summed E-state index contributed by atoms with van der Waals surface area (Å²) in [5.74, 6) is 1.79. The third kappa shape index (κ3) is 2.42. The first-order valence-electron chi connectivity index (χ1n) is 6.79. The van der Waals surface area contributed by atoms with Crippen LogP contribution in [0, 0.1) is 5.82 Å². The maximum Gasteiger partial charge on any atom is 0.268 e. The number of hydrogen-bond acceptors (Lipinski definition) is 2. The maximum atomic E-state index is 13.8. The van der Waals surface area contributed by atoms with Crippen molar-refractivity contribution in [2.75, 3.05) is 11.5 Å². The van der Waals surface area contributed by atoms with E-state index in [4.69, 9.17) is 0 Å². The van der Waals surface area contributed by atoms with Crippen LogP contribution in [0.3, 0.4) is 0 Å². The van der Waals surface area contributed by atoms with E-state index in [-0.39, 0.29) is 17.8 Å². The zero-order chi connectivity index (χ0) is 14.1. The number of carbonyl (C=O) groups is 1. The molecule has 0 radical (unpaired) electrons. The molecule has 1 aromatic heterocycles. The van der Waals surface area contributed by atoms with E-state index >= 15 is 0 Å². The quantitative estimate of drug-likeness (QED) is 0.923. The number of aryl methyl sites for hydroxylation is 1. The molecule has 0 unspecified atom stereocenters. The number of thioether (sulfide) groups is 1. The van der Waals surface area contributed by atoms with Gasteiger partial charge in [-0.25, -0.2) is 4.39 Å². The molecule has 1 fully saturated rings. The Morgan fingerprint density at radius 1 is 1.40 bits per heavy atom. The van der Waals surface area contributed by atoms with Gasteiger partial charge in [0.2, 0.25) is 0 Å². The molecule has 0 bridgehead atoms. The monoisotopic (exact) mass is 292 g/mol. The fraction of sp³-hybridized carbons (Fsp3) is 0.400. The third-order valence-corrected chi connectivity index (χ3v) is 4.87. The van der Waals surface area contributed by atoms with Gasteiger partial charge in [0.1, 0.15) is 11.5 Å². The van der Waals surface area contributed by atoms with Crippen LogP contribution in [-0.4, -0.2) is 28.0 Å². The molecule has 1 saturated heterocycles. The normalized spacial score (nSPS) is 16.5. The van der Waals surface area contributed by atoms with Crippen molar-refractivity contribution < 1.29 is 9.18 Å². The minimum Gasteiger partial charge on any atom is -0.348 e. The van der Waals surface area contributed by atoms with Crippen LogP contribution in [0.15, 0.2) is 24.3 Å². The Labute approximate surface area is 121 Å². The van der Waals surface area contributed by atoms with Gasteiger partial charge in [0.15, 0.2) is 0 Å². The van der Waals surface area contributed by atoms with Gasteiger partial charge in [0, 0.05) is 18.5 Å². The van der Waals surface area contributed by atoms with Gasteiger partial charge in [-0.2, -0.15) is 11.8 Å². The molecule has 1 amide bonds. The molecule has 1 aliphatic rings. The number of nitrogens with zero attached hydrogens (tertiary/aromatic N) is 1. The molecule has 0 spiro atoms. The first-order valence-corrected chi connectivity index (χ1v) is 7.95. The summed E-state index contributed by atoms with van der Waals surface area (Å²) in [6.45, 7) is 0. The summed E-state index contributed by atoms with van der Waals surface area (Å²) >= 11 is 1.92. The highest BCUT2D eigenvalue weighted by Crippen LogP contribution is 2.22. The lowest BCUT2D eigenvalue weighted by Gasteiger charge is -2.22. The van der Waals surface area contributed by atoms with Crippen LogP contribution in [0.2, 0.25) is 0 Å². The van der Waals surface area contributed by atoms with Gasteiger partial charge in [-0.05, 0) is 42.5 Å². The van der Waals surface area contributed by atoms with Gasteiger partial charge in [0.25, 0.3) is 5.91 Å². The topological polar surface area (TPSA) is 34.0 Å². The van der Waals surface area contributed by atoms with E-state index in [2.05, 4.69) is 5.32 Å². The predicted octanol–water partition coefficient (Wildman–Crippen LogP) is 2.94. The van der Waals surface area contributed by atoms with Crippen molar-refractivity contribution in [3.8, 4) is 0 Å². The summed E-state index contributed by atoms with van der Waals surface area (Å²) in [5, 5.41) is 3.56. The second-order valence-corrected chi connectivity index (χ2v) is 6.35. The van der Waals surface area contributed by atoms with Gasteiger partial charge >= 0.3 is 0 Å². The number of aromatic nitrogens is 1. The largest absolute Gasteiger partial charge is 0.348 e. The van der Waals surface area contributed by atoms with Crippen LogP contribution in [0.25, 0.3) is 10.9 Å². The number of fused-ring (bicyclic) bond motifs is 1. The Bertz CT molecular complexity index is 647. The smallest absolute Gasteiger partial charge is 0.268 e. The summed E-state index contributed by atoms with van der Waals surface area (Å²) in [4.78, 5) is 12.4. The van der Waals surface area contributed by atoms with E-state index in [9.17, 15) is 9.18 Å².